The molecule has 0 aliphatic heterocycles. The summed E-state index contributed by atoms with van der Waals surface area (Å²) in [5.41, 5.74) is 1.51. The molecule has 8 nitrogen and oxygen atoms in total. The van der Waals surface area contributed by atoms with E-state index in [9.17, 15) is 4.79 Å². The molecule has 1 N–H and O–H groups in total. The molecule has 2 fully saturated rings. The van der Waals surface area contributed by atoms with Gasteiger partial charge in [-0.15, -0.1) is 0 Å². The van der Waals surface area contributed by atoms with Crippen molar-refractivity contribution in [3.8, 4) is 11.9 Å². The summed E-state index contributed by atoms with van der Waals surface area (Å²) in [6.45, 7) is 6.13. The minimum absolute atomic E-state index is 0.0264. The van der Waals surface area contributed by atoms with Gasteiger partial charge in [-0.2, -0.15) is 9.97 Å². The molecule has 1 amide bonds. The molecular formula is C22H32N4O4. The van der Waals surface area contributed by atoms with Crippen molar-refractivity contribution in [3.63, 3.8) is 0 Å². The average Bonchev–Trinajstić information content (AvgIpc) is 3.35. The van der Waals surface area contributed by atoms with Crippen LogP contribution in [0.3, 0.4) is 0 Å². The highest BCUT2D eigenvalue weighted by Crippen LogP contribution is 2.39. The second-order valence-corrected chi connectivity index (χ2v) is 8.95. The smallest absolute Gasteiger partial charge is 0.298 e. The third kappa shape index (κ3) is 5.03. The first-order valence-electron chi connectivity index (χ1n) is 10.9. The molecule has 4 rings (SSSR count). The Labute approximate surface area is 177 Å². The van der Waals surface area contributed by atoms with Gasteiger partial charge < -0.3 is 19.5 Å². The molecule has 2 heterocycles. The van der Waals surface area contributed by atoms with Crippen molar-refractivity contribution < 1.29 is 19.0 Å². The van der Waals surface area contributed by atoms with Crippen LogP contribution in [-0.4, -0.2) is 50.9 Å². The Balaban J connectivity index is 1.29. The Bertz CT molecular complexity index is 900. The molecule has 0 radical (unpaired) electrons. The lowest BCUT2D eigenvalue weighted by atomic mass is 9.95. The van der Waals surface area contributed by atoms with E-state index >= 15 is 0 Å². The SMILES string of the molecule is CC(=O)N[C@@H](C)COC1CCC(Oc2ccc3nc(OC4(C)CC4)n(C)c3n2)CC1. The van der Waals surface area contributed by atoms with Crippen LogP contribution < -0.4 is 14.8 Å². The lowest BCUT2D eigenvalue weighted by molar-refractivity contribution is -0.120. The Morgan fingerprint density at radius 3 is 2.60 bits per heavy atom. The number of rotatable bonds is 8. The zero-order valence-electron chi connectivity index (χ0n) is 18.3. The van der Waals surface area contributed by atoms with Crippen molar-refractivity contribution in [3.05, 3.63) is 12.1 Å². The standard InChI is InChI=1S/C22H32N4O4/c1-14(23-15(2)27)13-28-16-5-7-17(8-6-16)29-19-10-9-18-20(25-19)26(4)21(24-18)30-22(3)11-12-22/h9-10,14,16-17H,5-8,11-13H2,1-4H3,(H,23,27)/t14-,16?,17?/m0/s1. The molecule has 0 aromatic carbocycles. The molecule has 2 aliphatic carbocycles. The molecule has 0 spiro atoms. The molecule has 0 bridgehead atoms. The van der Waals surface area contributed by atoms with Gasteiger partial charge in [0.15, 0.2) is 5.65 Å². The largest absolute Gasteiger partial charge is 0.474 e. The summed E-state index contributed by atoms with van der Waals surface area (Å²) >= 11 is 0. The maximum absolute atomic E-state index is 11.1. The van der Waals surface area contributed by atoms with Crippen LogP contribution in [0.1, 0.15) is 59.3 Å². The zero-order chi connectivity index (χ0) is 21.3. The number of amides is 1. The minimum Gasteiger partial charge on any atom is -0.474 e. The lowest BCUT2D eigenvalue weighted by Gasteiger charge is -2.29. The van der Waals surface area contributed by atoms with E-state index < -0.39 is 0 Å². The Hall–Kier alpha value is -2.35. The van der Waals surface area contributed by atoms with E-state index in [4.69, 9.17) is 14.2 Å². The first-order valence-corrected chi connectivity index (χ1v) is 10.9. The van der Waals surface area contributed by atoms with Gasteiger partial charge in [0.05, 0.1) is 12.7 Å². The summed E-state index contributed by atoms with van der Waals surface area (Å²) in [6, 6.07) is 4.47. The fourth-order valence-electron chi connectivity index (χ4n) is 3.84. The third-order valence-corrected chi connectivity index (χ3v) is 5.88. The quantitative estimate of drug-likeness (QED) is 0.711. The van der Waals surface area contributed by atoms with Crippen LogP contribution >= 0.6 is 0 Å². The van der Waals surface area contributed by atoms with Crippen LogP contribution in [0.5, 0.6) is 11.9 Å². The molecule has 30 heavy (non-hydrogen) atoms. The number of carbonyl (C=O) groups is 1. The van der Waals surface area contributed by atoms with Gasteiger partial charge in [-0.05, 0) is 58.4 Å². The molecule has 0 unspecified atom stereocenters. The van der Waals surface area contributed by atoms with Gasteiger partial charge in [0.1, 0.15) is 17.2 Å². The monoisotopic (exact) mass is 416 g/mol. The summed E-state index contributed by atoms with van der Waals surface area (Å²) < 4.78 is 20.0. The number of pyridine rings is 1. The summed E-state index contributed by atoms with van der Waals surface area (Å²) in [5, 5.41) is 2.85. The van der Waals surface area contributed by atoms with Gasteiger partial charge in [0.2, 0.25) is 11.8 Å². The van der Waals surface area contributed by atoms with E-state index in [0.29, 0.717) is 18.5 Å². The second-order valence-electron chi connectivity index (χ2n) is 8.95. The summed E-state index contributed by atoms with van der Waals surface area (Å²) in [6.07, 6.45) is 6.24. The van der Waals surface area contributed by atoms with Crippen molar-refractivity contribution in [2.45, 2.75) is 83.1 Å². The normalized spacial score (nSPS) is 23.7. The number of nitrogens with one attached hydrogen (secondary N) is 1. The third-order valence-electron chi connectivity index (χ3n) is 5.88. The molecule has 8 heteroatoms. The highest BCUT2D eigenvalue weighted by molar-refractivity contribution is 5.73. The van der Waals surface area contributed by atoms with E-state index in [1.54, 1.807) is 0 Å². The number of hydrogen-bond donors (Lipinski definition) is 1. The van der Waals surface area contributed by atoms with Crippen LogP contribution in [0.2, 0.25) is 0 Å². The number of ether oxygens (including phenoxy) is 3. The second kappa shape index (κ2) is 8.41. The van der Waals surface area contributed by atoms with Crippen molar-refractivity contribution in [1.29, 1.82) is 0 Å². The Morgan fingerprint density at radius 2 is 1.93 bits per heavy atom. The van der Waals surface area contributed by atoms with E-state index in [-0.39, 0.29) is 29.8 Å². The Morgan fingerprint density at radius 1 is 1.23 bits per heavy atom. The number of hydrogen-bond acceptors (Lipinski definition) is 6. The summed E-state index contributed by atoms with van der Waals surface area (Å²) in [4.78, 5) is 20.3. The predicted molar refractivity (Wildman–Crippen MR) is 113 cm³/mol. The molecular weight excluding hydrogens is 384 g/mol. The summed E-state index contributed by atoms with van der Waals surface area (Å²) in [7, 11) is 1.93. The molecule has 164 valence electrons. The lowest BCUT2D eigenvalue weighted by Crippen LogP contribution is -2.36. The molecule has 0 saturated heterocycles. The van der Waals surface area contributed by atoms with Gasteiger partial charge in [0, 0.05) is 26.1 Å². The van der Waals surface area contributed by atoms with E-state index in [1.165, 1.54) is 6.92 Å². The summed E-state index contributed by atoms with van der Waals surface area (Å²) in [5.74, 6) is 0.597. The number of fused-ring (bicyclic) bond motifs is 1. The van der Waals surface area contributed by atoms with Crippen molar-refractivity contribution in [1.82, 2.24) is 19.9 Å². The molecule has 1 atom stereocenters. The molecule has 2 saturated carbocycles. The van der Waals surface area contributed by atoms with Crippen LogP contribution in [-0.2, 0) is 16.6 Å². The fraction of sp³-hybridized carbons (Fsp3) is 0.682. The first kappa shape index (κ1) is 20.9. The van der Waals surface area contributed by atoms with Crippen molar-refractivity contribution in [2.24, 2.45) is 7.05 Å². The van der Waals surface area contributed by atoms with Gasteiger partial charge in [-0.25, -0.2) is 0 Å². The van der Waals surface area contributed by atoms with Gasteiger partial charge in [0.25, 0.3) is 6.01 Å². The average molecular weight is 417 g/mol. The number of carbonyl (C=O) groups excluding carboxylic acids is 1. The molecule has 2 aromatic rings. The van der Waals surface area contributed by atoms with Crippen LogP contribution in [0.15, 0.2) is 12.1 Å². The maximum Gasteiger partial charge on any atom is 0.298 e. The van der Waals surface area contributed by atoms with Gasteiger partial charge >= 0.3 is 0 Å². The van der Waals surface area contributed by atoms with Crippen molar-refractivity contribution in [2.75, 3.05) is 6.61 Å². The van der Waals surface area contributed by atoms with Gasteiger partial charge in [-0.3, -0.25) is 9.36 Å². The van der Waals surface area contributed by atoms with Crippen molar-refractivity contribution >= 4 is 17.1 Å². The highest BCUT2D eigenvalue weighted by Gasteiger charge is 2.41. The first-order chi connectivity index (χ1) is 14.3. The maximum atomic E-state index is 11.1. The van der Waals surface area contributed by atoms with Crippen LogP contribution in [0.4, 0.5) is 0 Å². The van der Waals surface area contributed by atoms with Crippen LogP contribution in [0.25, 0.3) is 11.2 Å². The van der Waals surface area contributed by atoms with E-state index in [1.807, 2.05) is 30.7 Å². The van der Waals surface area contributed by atoms with Crippen LogP contribution in [0, 0.1) is 0 Å². The number of imidazole rings is 1. The van der Waals surface area contributed by atoms with Gasteiger partial charge in [-0.1, -0.05) is 0 Å². The fourth-order valence-corrected chi connectivity index (χ4v) is 3.84. The number of aryl methyl sites for hydroxylation is 1. The topological polar surface area (TPSA) is 87.5 Å². The number of nitrogens with zero attached hydrogens (tertiary/aromatic N) is 3. The number of aromatic nitrogens is 3. The zero-order valence-corrected chi connectivity index (χ0v) is 18.3. The predicted octanol–water partition coefficient (Wildman–Crippen LogP) is 3.13. The Kier molecular flexibility index (Phi) is 5.86. The highest BCUT2D eigenvalue weighted by atomic mass is 16.5. The molecule has 2 aliphatic rings. The molecule has 2 aromatic heterocycles. The minimum atomic E-state index is -0.0743. The van der Waals surface area contributed by atoms with E-state index in [0.717, 1.165) is 49.7 Å². The van der Waals surface area contributed by atoms with E-state index in [2.05, 4.69) is 22.2 Å².